The zero-order valence-electron chi connectivity index (χ0n) is 13.7. The molecule has 7 nitrogen and oxygen atoms in total. The van der Waals surface area contributed by atoms with Gasteiger partial charge in [0.25, 0.3) is 5.69 Å². The molecule has 0 radical (unpaired) electrons. The molecule has 1 aromatic carbocycles. The zero-order chi connectivity index (χ0) is 17.6. The lowest BCUT2D eigenvalue weighted by Gasteiger charge is -2.28. The summed E-state index contributed by atoms with van der Waals surface area (Å²) in [7, 11) is -3.43. The second-order valence-electron chi connectivity index (χ2n) is 5.10. The molecule has 1 N–H and O–H groups in total. The zero-order valence-corrected chi connectivity index (χ0v) is 14.6. The van der Waals surface area contributed by atoms with E-state index < -0.39 is 18.3 Å². The van der Waals surface area contributed by atoms with Gasteiger partial charge in [-0.1, -0.05) is 18.2 Å². The second-order valence-corrected chi connectivity index (χ2v) is 7.21. The van der Waals surface area contributed by atoms with Crippen molar-refractivity contribution < 1.29 is 18.5 Å². The normalized spacial score (nSPS) is 15.2. The van der Waals surface area contributed by atoms with Gasteiger partial charge in [-0.25, -0.2) is 0 Å². The number of nitro groups is 1. The molecule has 8 heteroatoms. The first-order chi connectivity index (χ1) is 11.5. The SMILES string of the molecule is CCOP(=O)(OCC)C(Nc1ccc([N+](=O)[O-])cc1)C1=CC=CC1. The summed E-state index contributed by atoms with van der Waals surface area (Å²) >= 11 is 0. The van der Waals surface area contributed by atoms with Crippen molar-refractivity contribution in [1.82, 2.24) is 0 Å². The van der Waals surface area contributed by atoms with Gasteiger partial charge < -0.3 is 14.4 Å². The number of nitrogens with zero attached hydrogens (tertiary/aromatic N) is 1. The Morgan fingerprint density at radius 3 is 2.33 bits per heavy atom. The van der Waals surface area contributed by atoms with Crippen molar-refractivity contribution in [2.24, 2.45) is 0 Å². The fourth-order valence-electron chi connectivity index (χ4n) is 2.42. The lowest BCUT2D eigenvalue weighted by Crippen LogP contribution is -2.24. The Kier molecular flexibility index (Phi) is 6.31. The summed E-state index contributed by atoms with van der Waals surface area (Å²) in [5.41, 5.74) is 1.49. The molecule has 0 saturated carbocycles. The van der Waals surface area contributed by atoms with Crippen LogP contribution in [0.1, 0.15) is 20.3 Å². The molecule has 0 heterocycles. The number of benzene rings is 1. The molecule has 0 saturated heterocycles. The van der Waals surface area contributed by atoms with Crippen LogP contribution >= 0.6 is 7.60 Å². The molecule has 1 unspecified atom stereocenters. The number of hydrogen-bond acceptors (Lipinski definition) is 6. The molecule has 0 spiro atoms. The molecular formula is C16H21N2O5P. The van der Waals surface area contributed by atoms with Crippen molar-refractivity contribution in [1.29, 1.82) is 0 Å². The van der Waals surface area contributed by atoms with Crippen LogP contribution in [0, 0.1) is 10.1 Å². The highest BCUT2D eigenvalue weighted by atomic mass is 31.2. The summed E-state index contributed by atoms with van der Waals surface area (Å²) in [6.45, 7) is 4.04. The van der Waals surface area contributed by atoms with E-state index >= 15 is 0 Å². The highest BCUT2D eigenvalue weighted by Crippen LogP contribution is 2.56. The van der Waals surface area contributed by atoms with Crippen molar-refractivity contribution >= 4 is 19.0 Å². The summed E-state index contributed by atoms with van der Waals surface area (Å²) in [4.78, 5) is 10.3. The van der Waals surface area contributed by atoms with Crippen molar-refractivity contribution in [2.75, 3.05) is 18.5 Å². The van der Waals surface area contributed by atoms with E-state index in [1.165, 1.54) is 12.1 Å². The Balaban J connectivity index is 2.29. The van der Waals surface area contributed by atoms with Crippen LogP contribution < -0.4 is 5.32 Å². The van der Waals surface area contributed by atoms with Gasteiger partial charge >= 0.3 is 7.60 Å². The fraction of sp³-hybridized carbons (Fsp3) is 0.375. The maximum absolute atomic E-state index is 13.2. The molecule has 0 aromatic heterocycles. The maximum atomic E-state index is 13.2. The molecule has 2 rings (SSSR count). The number of nitrogens with one attached hydrogen (secondary N) is 1. The van der Waals surface area contributed by atoms with Crippen LogP contribution in [0.3, 0.4) is 0 Å². The minimum absolute atomic E-state index is 0.00310. The van der Waals surface area contributed by atoms with Crippen LogP contribution in [0.2, 0.25) is 0 Å². The predicted molar refractivity (Wildman–Crippen MR) is 93.2 cm³/mol. The summed E-state index contributed by atoms with van der Waals surface area (Å²) < 4.78 is 24.1. The molecular weight excluding hydrogens is 331 g/mol. The lowest BCUT2D eigenvalue weighted by atomic mass is 10.2. The van der Waals surface area contributed by atoms with Crippen LogP contribution in [0.25, 0.3) is 0 Å². The fourth-order valence-corrected chi connectivity index (χ4v) is 4.42. The molecule has 1 aliphatic rings. The Labute approximate surface area is 141 Å². The van der Waals surface area contributed by atoms with E-state index in [9.17, 15) is 14.7 Å². The maximum Gasteiger partial charge on any atom is 0.356 e. The Hall–Kier alpha value is -1.95. The number of rotatable bonds is 9. The van der Waals surface area contributed by atoms with Crippen LogP contribution in [0.4, 0.5) is 11.4 Å². The summed E-state index contributed by atoms with van der Waals surface area (Å²) in [6, 6.07) is 5.95. The first-order valence-electron chi connectivity index (χ1n) is 7.75. The average Bonchev–Trinajstić information content (AvgIpc) is 3.07. The van der Waals surface area contributed by atoms with Gasteiger partial charge in [-0.15, -0.1) is 0 Å². The van der Waals surface area contributed by atoms with E-state index in [0.29, 0.717) is 12.1 Å². The Morgan fingerprint density at radius 2 is 1.88 bits per heavy atom. The smallest absolute Gasteiger partial charge is 0.356 e. The van der Waals surface area contributed by atoms with Gasteiger partial charge in [0.05, 0.1) is 18.1 Å². The van der Waals surface area contributed by atoms with Crippen LogP contribution in [-0.4, -0.2) is 23.9 Å². The molecule has 0 aliphatic heterocycles. The first kappa shape index (κ1) is 18.4. The van der Waals surface area contributed by atoms with E-state index in [-0.39, 0.29) is 18.9 Å². The lowest BCUT2D eigenvalue weighted by molar-refractivity contribution is -0.384. The Bertz CT molecular complexity index is 674. The topological polar surface area (TPSA) is 90.7 Å². The van der Waals surface area contributed by atoms with Crippen LogP contribution in [0.15, 0.2) is 48.1 Å². The van der Waals surface area contributed by atoms with Crippen molar-refractivity contribution in [3.05, 3.63) is 58.2 Å². The molecule has 0 fully saturated rings. The van der Waals surface area contributed by atoms with Gasteiger partial charge in [-0.2, -0.15) is 0 Å². The van der Waals surface area contributed by atoms with Crippen LogP contribution in [0.5, 0.6) is 0 Å². The highest BCUT2D eigenvalue weighted by molar-refractivity contribution is 7.55. The molecule has 130 valence electrons. The third-order valence-electron chi connectivity index (χ3n) is 3.47. The van der Waals surface area contributed by atoms with E-state index in [4.69, 9.17) is 9.05 Å². The Morgan fingerprint density at radius 1 is 1.25 bits per heavy atom. The number of anilines is 1. The van der Waals surface area contributed by atoms with Gasteiger partial charge in [-0.05, 0) is 38.0 Å². The number of hydrogen-bond donors (Lipinski definition) is 1. The number of nitro benzene ring substituents is 1. The largest absolute Gasteiger partial charge is 0.368 e. The first-order valence-corrected chi connectivity index (χ1v) is 9.36. The molecule has 24 heavy (non-hydrogen) atoms. The van der Waals surface area contributed by atoms with Gasteiger partial charge in [0.15, 0.2) is 5.78 Å². The van der Waals surface area contributed by atoms with Crippen LogP contribution in [-0.2, 0) is 13.6 Å². The number of non-ortho nitro benzene ring substituents is 1. The minimum Gasteiger partial charge on any atom is -0.368 e. The molecule has 0 amide bonds. The summed E-state index contributed by atoms with van der Waals surface area (Å²) in [6.07, 6.45) is 6.38. The minimum atomic E-state index is -3.43. The third kappa shape index (κ3) is 4.32. The van der Waals surface area contributed by atoms with E-state index in [1.54, 1.807) is 26.0 Å². The monoisotopic (exact) mass is 352 g/mol. The van der Waals surface area contributed by atoms with E-state index in [1.807, 2.05) is 18.2 Å². The standard InChI is InChI=1S/C16H21N2O5P/c1-3-22-24(21,23-4-2)16(13-7-5-6-8-13)17-14-9-11-15(12-10-14)18(19)20/h5-7,9-12,16-17H,3-4,8H2,1-2H3. The quantitative estimate of drug-likeness (QED) is 0.400. The van der Waals surface area contributed by atoms with Gasteiger partial charge in [0.2, 0.25) is 0 Å². The summed E-state index contributed by atoms with van der Waals surface area (Å²) in [5, 5.41) is 13.9. The van der Waals surface area contributed by atoms with Crippen molar-refractivity contribution in [3.63, 3.8) is 0 Å². The number of allylic oxidation sites excluding steroid dienone is 3. The van der Waals surface area contributed by atoms with E-state index in [2.05, 4.69) is 5.32 Å². The second kappa shape index (κ2) is 8.24. The van der Waals surface area contributed by atoms with Crippen molar-refractivity contribution in [3.8, 4) is 0 Å². The molecule has 1 aliphatic carbocycles. The molecule has 0 bridgehead atoms. The van der Waals surface area contributed by atoms with E-state index in [0.717, 1.165) is 5.57 Å². The van der Waals surface area contributed by atoms with Gasteiger partial charge in [0, 0.05) is 17.8 Å². The van der Waals surface area contributed by atoms with Crippen molar-refractivity contribution in [2.45, 2.75) is 26.1 Å². The third-order valence-corrected chi connectivity index (χ3v) is 5.80. The average molecular weight is 352 g/mol. The van der Waals surface area contributed by atoms with Gasteiger partial charge in [0.1, 0.15) is 0 Å². The molecule has 1 atom stereocenters. The molecule has 1 aromatic rings. The summed E-state index contributed by atoms with van der Waals surface area (Å²) in [5.74, 6) is -0.645. The van der Waals surface area contributed by atoms with Gasteiger partial charge in [-0.3, -0.25) is 14.7 Å². The predicted octanol–water partition coefficient (Wildman–Crippen LogP) is 4.49. The highest BCUT2D eigenvalue weighted by Gasteiger charge is 2.38.